The van der Waals surface area contributed by atoms with Crippen molar-refractivity contribution in [1.82, 2.24) is 4.72 Å². The molecule has 0 bridgehead atoms. The Balaban J connectivity index is 1.38. The van der Waals surface area contributed by atoms with Gasteiger partial charge >= 0.3 is 0 Å². The number of anilines is 2. The number of benzene rings is 4. The molecular formula is C38H36ClN3O7S. The van der Waals surface area contributed by atoms with E-state index < -0.39 is 46.1 Å². The highest BCUT2D eigenvalue weighted by Crippen LogP contribution is 2.51. The molecule has 1 unspecified atom stereocenters. The van der Waals surface area contributed by atoms with Crippen molar-refractivity contribution in [2.24, 2.45) is 5.41 Å². The Morgan fingerprint density at radius 2 is 1.66 bits per heavy atom. The van der Waals surface area contributed by atoms with Crippen LogP contribution in [0.5, 0.6) is 11.5 Å². The van der Waals surface area contributed by atoms with E-state index in [-0.39, 0.29) is 39.2 Å². The molecule has 6 rings (SSSR count). The van der Waals surface area contributed by atoms with Gasteiger partial charge in [0, 0.05) is 35.6 Å². The summed E-state index contributed by atoms with van der Waals surface area (Å²) in [5.74, 6) is -1.34. The highest BCUT2D eigenvalue weighted by molar-refractivity contribution is 7.90. The number of carbonyl (C=O) groups is 3. The largest absolute Gasteiger partial charge is 0.506 e. The fraction of sp³-hybridized carbons (Fsp3) is 0.237. The third-order valence-electron chi connectivity index (χ3n) is 8.66. The van der Waals surface area contributed by atoms with Crippen LogP contribution in [0.15, 0.2) is 113 Å². The maximum atomic E-state index is 14.4. The molecule has 1 heterocycles. The number of nitrogens with one attached hydrogen (secondary N) is 2. The first-order valence-corrected chi connectivity index (χ1v) is 17.9. The zero-order valence-electron chi connectivity index (χ0n) is 27.5. The number of amides is 2. The minimum Gasteiger partial charge on any atom is -0.506 e. The summed E-state index contributed by atoms with van der Waals surface area (Å²) in [6.45, 7) is 4.24. The third kappa shape index (κ3) is 7.39. The fourth-order valence-electron chi connectivity index (χ4n) is 6.37. The number of nitrogens with zero attached hydrogens (tertiary/aromatic N) is 1. The molecule has 2 aliphatic rings. The Bertz CT molecular complexity index is 2100. The van der Waals surface area contributed by atoms with Crippen LogP contribution in [0.1, 0.15) is 56.7 Å². The van der Waals surface area contributed by atoms with E-state index in [2.05, 4.69) is 5.32 Å². The van der Waals surface area contributed by atoms with E-state index >= 15 is 0 Å². The van der Waals surface area contributed by atoms with Crippen LogP contribution in [0, 0.1) is 5.41 Å². The number of hydrogen-bond acceptors (Lipinski definition) is 8. The summed E-state index contributed by atoms with van der Waals surface area (Å²) in [6, 6.07) is 25.7. The summed E-state index contributed by atoms with van der Waals surface area (Å²) >= 11 is 6.97. The van der Waals surface area contributed by atoms with Crippen molar-refractivity contribution in [1.29, 1.82) is 0 Å². The number of sulfonamides is 1. The number of hydrogen-bond donors (Lipinski definition) is 3. The Labute approximate surface area is 295 Å². The van der Waals surface area contributed by atoms with Gasteiger partial charge in [0.1, 0.15) is 23.8 Å². The van der Waals surface area contributed by atoms with Crippen molar-refractivity contribution in [2.75, 3.05) is 10.2 Å². The molecule has 4 aromatic rings. The van der Waals surface area contributed by atoms with Crippen molar-refractivity contribution >= 4 is 50.6 Å². The van der Waals surface area contributed by atoms with Gasteiger partial charge in [-0.3, -0.25) is 19.3 Å². The fourth-order valence-corrected chi connectivity index (χ4v) is 7.68. The molecule has 0 fully saturated rings. The normalized spacial score (nSPS) is 16.8. The number of aromatic hydroxyl groups is 1. The van der Waals surface area contributed by atoms with Gasteiger partial charge in [-0.05, 0) is 59.4 Å². The number of fused-ring (bicyclic) bond motifs is 1. The van der Waals surface area contributed by atoms with Crippen LogP contribution in [-0.4, -0.2) is 31.1 Å². The van der Waals surface area contributed by atoms with Gasteiger partial charge in [-0.1, -0.05) is 86.1 Å². The molecule has 2 amide bonds. The van der Waals surface area contributed by atoms with Gasteiger partial charge in [-0.2, -0.15) is 0 Å². The summed E-state index contributed by atoms with van der Waals surface area (Å²) in [5, 5.41) is 14.5. The monoisotopic (exact) mass is 713 g/mol. The molecule has 50 heavy (non-hydrogen) atoms. The zero-order chi connectivity index (χ0) is 35.6. The van der Waals surface area contributed by atoms with Gasteiger partial charge in [0.15, 0.2) is 5.78 Å². The van der Waals surface area contributed by atoms with E-state index in [0.29, 0.717) is 35.6 Å². The molecule has 258 valence electrons. The predicted octanol–water partition coefficient (Wildman–Crippen LogP) is 7.05. The maximum absolute atomic E-state index is 14.4. The summed E-state index contributed by atoms with van der Waals surface area (Å²) in [5.41, 5.74) is 2.31. The smallest absolute Gasteiger partial charge is 0.264 e. The molecule has 1 atom stereocenters. The average Bonchev–Trinajstić information content (AvgIpc) is 3.22. The maximum Gasteiger partial charge on any atom is 0.264 e. The molecule has 0 saturated heterocycles. The summed E-state index contributed by atoms with van der Waals surface area (Å²) < 4.78 is 33.6. The number of phenolic OH excluding ortho intramolecular Hbond substituents is 1. The van der Waals surface area contributed by atoms with Crippen molar-refractivity contribution in [2.45, 2.75) is 57.1 Å². The number of halogens is 1. The first kappa shape index (κ1) is 34.7. The van der Waals surface area contributed by atoms with E-state index in [4.69, 9.17) is 16.3 Å². The highest BCUT2D eigenvalue weighted by Gasteiger charge is 2.44. The van der Waals surface area contributed by atoms with Gasteiger partial charge < -0.3 is 15.2 Å². The minimum absolute atomic E-state index is 0.0909. The lowest BCUT2D eigenvalue weighted by molar-refractivity contribution is -0.124. The van der Waals surface area contributed by atoms with Crippen LogP contribution in [0.3, 0.4) is 0 Å². The number of carbonyl (C=O) groups excluding carboxylic acids is 3. The molecular weight excluding hydrogens is 678 g/mol. The lowest BCUT2D eigenvalue weighted by atomic mass is 9.73. The first-order chi connectivity index (χ1) is 23.8. The van der Waals surface area contributed by atoms with E-state index in [1.54, 1.807) is 36.4 Å². The molecule has 3 N–H and O–H groups in total. The van der Waals surface area contributed by atoms with Crippen LogP contribution >= 0.6 is 11.6 Å². The molecule has 0 radical (unpaired) electrons. The van der Waals surface area contributed by atoms with E-state index in [1.165, 1.54) is 35.2 Å². The second-order valence-electron chi connectivity index (χ2n) is 13.1. The first-order valence-electron chi connectivity index (χ1n) is 16.1. The molecule has 12 heteroatoms. The minimum atomic E-state index is -4.16. The lowest BCUT2D eigenvalue weighted by Gasteiger charge is -2.37. The summed E-state index contributed by atoms with van der Waals surface area (Å²) in [6.07, 6.45) is -0.247. The number of rotatable bonds is 9. The summed E-state index contributed by atoms with van der Waals surface area (Å²) in [4.78, 5) is 42.7. The Morgan fingerprint density at radius 3 is 2.36 bits per heavy atom. The Morgan fingerprint density at radius 1 is 0.960 bits per heavy atom. The van der Waals surface area contributed by atoms with Gasteiger partial charge in [-0.15, -0.1) is 0 Å². The number of para-hydroxylation sites is 1. The van der Waals surface area contributed by atoms with Gasteiger partial charge in [0.2, 0.25) is 11.8 Å². The van der Waals surface area contributed by atoms with E-state index in [0.717, 1.165) is 5.56 Å². The molecule has 10 nitrogen and oxygen atoms in total. The van der Waals surface area contributed by atoms with Gasteiger partial charge in [0.25, 0.3) is 10.0 Å². The van der Waals surface area contributed by atoms with Crippen LogP contribution in [0.4, 0.5) is 11.4 Å². The second kappa shape index (κ2) is 14.0. The van der Waals surface area contributed by atoms with Crippen LogP contribution < -0.4 is 19.7 Å². The number of Topliss-reactive ketones (excluding diaryl/α,β-unsaturated/α-hetero) is 1. The number of ether oxygens (including phenoxy) is 1. The molecule has 4 aromatic carbocycles. The van der Waals surface area contributed by atoms with Crippen LogP contribution in [0.25, 0.3) is 0 Å². The predicted molar refractivity (Wildman–Crippen MR) is 190 cm³/mol. The van der Waals surface area contributed by atoms with Gasteiger partial charge in [-0.25, -0.2) is 13.1 Å². The molecule has 1 aliphatic carbocycles. The van der Waals surface area contributed by atoms with Crippen molar-refractivity contribution in [3.05, 3.63) is 124 Å². The number of allylic oxidation sites excluding steroid dienone is 1. The summed E-state index contributed by atoms with van der Waals surface area (Å²) in [7, 11) is -4.16. The second-order valence-corrected chi connectivity index (χ2v) is 15.2. The lowest BCUT2D eigenvalue weighted by Crippen LogP contribution is -2.40. The zero-order valence-corrected chi connectivity index (χ0v) is 29.1. The van der Waals surface area contributed by atoms with E-state index in [9.17, 15) is 27.9 Å². The van der Waals surface area contributed by atoms with Gasteiger partial charge in [0.05, 0.1) is 16.6 Å². The van der Waals surface area contributed by atoms with Crippen LogP contribution in [-0.2, 0) is 31.0 Å². The van der Waals surface area contributed by atoms with E-state index in [1.807, 2.05) is 48.9 Å². The molecule has 0 aromatic heterocycles. The molecule has 0 spiro atoms. The highest BCUT2D eigenvalue weighted by atomic mass is 35.5. The number of ketones is 1. The topological polar surface area (TPSA) is 142 Å². The quantitative estimate of drug-likeness (QED) is 0.157. The van der Waals surface area contributed by atoms with Crippen LogP contribution in [0.2, 0.25) is 5.02 Å². The average molecular weight is 714 g/mol. The Hall–Kier alpha value is -5.13. The SMILES string of the molecule is CC1(C)CC(=O)C2=C(C1)Nc1c(O)cccc1N(C(=O)CCC(=O)NS(=O)(=O)c1ccccc1)C2c1ccc(OCc2ccccc2)cc1Cl. The third-order valence-corrected chi connectivity index (χ3v) is 10.4. The molecule has 0 saturated carbocycles. The van der Waals surface area contributed by atoms with Crippen molar-refractivity contribution in [3.8, 4) is 11.5 Å². The Kier molecular flexibility index (Phi) is 9.73. The molecule has 1 aliphatic heterocycles. The van der Waals surface area contributed by atoms with Crippen molar-refractivity contribution < 1.29 is 32.6 Å². The standard InChI is InChI=1S/C38H36ClN3O7S/c1-38(2)21-29-35(32(44)22-38)37(27-17-16-25(20-28(27)39)49-23-24-10-5-3-6-11-24)42(30-14-9-15-31(43)36(30)40-29)34(46)19-18-33(45)41-50(47,48)26-12-7-4-8-13-26/h3-17,20,37,40,43H,18-19,21-23H2,1-2H3,(H,41,45). The van der Waals surface area contributed by atoms with Crippen molar-refractivity contribution in [3.63, 3.8) is 0 Å². The number of phenols is 1.